The molecule has 1 N–H and O–H groups in total. The molecule has 0 radical (unpaired) electrons. The van der Waals surface area contributed by atoms with E-state index in [-0.39, 0.29) is 17.1 Å². The van der Waals surface area contributed by atoms with Crippen molar-refractivity contribution >= 4 is 10.9 Å². The fourth-order valence-corrected chi connectivity index (χ4v) is 5.03. The summed E-state index contributed by atoms with van der Waals surface area (Å²) in [5.41, 5.74) is 2.63. The summed E-state index contributed by atoms with van der Waals surface area (Å²) < 4.78 is 1.95. The Hall–Kier alpha value is -2.54. The van der Waals surface area contributed by atoms with Crippen molar-refractivity contribution in [3.63, 3.8) is 0 Å². The zero-order valence-electron chi connectivity index (χ0n) is 20.1. The van der Waals surface area contributed by atoms with Gasteiger partial charge in [0.25, 0.3) is 5.56 Å². The summed E-state index contributed by atoms with van der Waals surface area (Å²) in [5.74, 6) is 0.887. The first-order chi connectivity index (χ1) is 15.3. The lowest BCUT2D eigenvalue weighted by Crippen LogP contribution is -2.42. The number of aromatic amines is 1. The minimum atomic E-state index is -0.206. The number of hydrogen-bond acceptors (Lipinski definition) is 5. The highest BCUT2D eigenvalue weighted by molar-refractivity contribution is 5.79. The van der Waals surface area contributed by atoms with Gasteiger partial charge in [-0.15, -0.1) is 5.10 Å². The van der Waals surface area contributed by atoms with Crippen LogP contribution in [0.5, 0.6) is 0 Å². The third kappa shape index (κ3) is 4.63. The Balaban J connectivity index is 1.75. The first kappa shape index (κ1) is 22.6. The summed E-state index contributed by atoms with van der Waals surface area (Å²) in [7, 11) is 0. The molecule has 0 unspecified atom stereocenters. The molecular formula is C25H36N6O. The van der Waals surface area contributed by atoms with Crippen LogP contribution in [-0.4, -0.2) is 36.1 Å². The van der Waals surface area contributed by atoms with Gasteiger partial charge in [-0.3, -0.25) is 9.69 Å². The number of aromatic nitrogens is 5. The van der Waals surface area contributed by atoms with Crippen LogP contribution in [0.1, 0.15) is 89.2 Å². The molecule has 2 heterocycles. The summed E-state index contributed by atoms with van der Waals surface area (Å²) in [6, 6.07) is 8.75. The number of rotatable bonds is 6. The van der Waals surface area contributed by atoms with Crippen LogP contribution < -0.4 is 5.56 Å². The van der Waals surface area contributed by atoms with E-state index in [1.165, 1.54) is 19.3 Å². The van der Waals surface area contributed by atoms with Crippen molar-refractivity contribution in [1.82, 2.24) is 30.1 Å². The monoisotopic (exact) mass is 436 g/mol. The van der Waals surface area contributed by atoms with Crippen molar-refractivity contribution in [3.05, 3.63) is 51.6 Å². The van der Waals surface area contributed by atoms with Crippen molar-refractivity contribution in [2.24, 2.45) is 0 Å². The van der Waals surface area contributed by atoms with E-state index in [1.807, 2.05) is 17.7 Å². The maximum absolute atomic E-state index is 13.1. The molecule has 1 saturated carbocycles. The normalized spacial score (nSPS) is 16.7. The Morgan fingerprint density at radius 1 is 1.19 bits per heavy atom. The molecule has 7 nitrogen and oxygen atoms in total. The summed E-state index contributed by atoms with van der Waals surface area (Å²) in [6.07, 6.45) is 6.94. The molecule has 0 spiro atoms. The lowest BCUT2D eigenvalue weighted by molar-refractivity contribution is 0.0810. The third-order valence-corrected chi connectivity index (χ3v) is 6.69. The second-order valence-electron chi connectivity index (χ2n) is 10.2. The van der Waals surface area contributed by atoms with E-state index in [1.54, 1.807) is 0 Å². The highest BCUT2D eigenvalue weighted by atomic mass is 16.1. The van der Waals surface area contributed by atoms with Crippen molar-refractivity contribution in [3.8, 4) is 0 Å². The highest BCUT2D eigenvalue weighted by Crippen LogP contribution is 2.34. The Morgan fingerprint density at radius 2 is 1.94 bits per heavy atom. The molecule has 0 aliphatic heterocycles. The van der Waals surface area contributed by atoms with E-state index in [0.29, 0.717) is 12.6 Å². The van der Waals surface area contributed by atoms with Crippen LogP contribution in [0.4, 0.5) is 0 Å². The van der Waals surface area contributed by atoms with Crippen molar-refractivity contribution in [1.29, 1.82) is 0 Å². The van der Waals surface area contributed by atoms with Crippen LogP contribution in [0.15, 0.2) is 29.1 Å². The fourth-order valence-electron chi connectivity index (χ4n) is 5.03. The Morgan fingerprint density at radius 3 is 2.62 bits per heavy atom. The number of H-pyrrole nitrogens is 1. The average molecular weight is 437 g/mol. The lowest BCUT2D eigenvalue weighted by Gasteiger charge is -2.39. The number of nitrogens with one attached hydrogen (secondary N) is 1. The summed E-state index contributed by atoms with van der Waals surface area (Å²) in [5, 5.41) is 13.9. The zero-order valence-corrected chi connectivity index (χ0v) is 20.1. The number of hydrogen-bond donors (Lipinski definition) is 1. The molecule has 3 aromatic rings. The Labute approximate surface area is 190 Å². The average Bonchev–Trinajstić information content (AvgIpc) is 3.25. The van der Waals surface area contributed by atoms with Crippen LogP contribution in [0.2, 0.25) is 0 Å². The van der Waals surface area contributed by atoms with Gasteiger partial charge < -0.3 is 4.98 Å². The molecule has 1 fully saturated rings. The SMILES string of the molecule is CC[C@H](c1nnnn1C(C)(C)C)N(Cc1cc2ccc(C)cc2[nH]c1=O)C1CCCCC1. The molecule has 32 heavy (non-hydrogen) atoms. The van der Waals surface area contributed by atoms with Crippen LogP contribution in [0, 0.1) is 6.92 Å². The predicted octanol–water partition coefficient (Wildman–Crippen LogP) is 4.86. The maximum atomic E-state index is 13.1. The van der Waals surface area contributed by atoms with E-state index in [9.17, 15) is 4.79 Å². The van der Waals surface area contributed by atoms with Gasteiger partial charge in [-0.25, -0.2) is 4.68 Å². The van der Waals surface area contributed by atoms with Crippen LogP contribution in [-0.2, 0) is 12.1 Å². The first-order valence-corrected chi connectivity index (χ1v) is 11.9. The standard InChI is InChI=1S/C25H36N6O/c1-6-22(23-27-28-29-31(23)25(3,4)5)30(20-10-8-7-9-11-20)16-19-15-18-13-12-17(2)14-21(18)26-24(19)32/h12-15,20,22H,6-11,16H2,1-5H3,(H,26,32)/t22-/m1/s1. The van der Waals surface area contributed by atoms with Crippen LogP contribution in [0.3, 0.4) is 0 Å². The van der Waals surface area contributed by atoms with E-state index >= 15 is 0 Å². The van der Waals surface area contributed by atoms with E-state index in [4.69, 9.17) is 0 Å². The molecule has 2 aromatic heterocycles. The Kier molecular flexibility index (Phi) is 6.47. The van der Waals surface area contributed by atoms with Crippen molar-refractivity contribution < 1.29 is 0 Å². The third-order valence-electron chi connectivity index (χ3n) is 6.69. The van der Waals surface area contributed by atoms with Gasteiger partial charge in [0.1, 0.15) is 0 Å². The topological polar surface area (TPSA) is 79.7 Å². The molecule has 4 rings (SSSR count). The van der Waals surface area contributed by atoms with Crippen molar-refractivity contribution in [2.75, 3.05) is 0 Å². The molecular weight excluding hydrogens is 400 g/mol. The van der Waals surface area contributed by atoms with Crippen LogP contribution >= 0.6 is 0 Å². The number of benzene rings is 1. The van der Waals surface area contributed by atoms with Gasteiger partial charge in [0.15, 0.2) is 5.82 Å². The number of aryl methyl sites for hydroxylation is 1. The molecule has 1 aromatic carbocycles. The minimum Gasteiger partial charge on any atom is -0.322 e. The van der Waals surface area contributed by atoms with Gasteiger partial charge in [0.05, 0.1) is 11.6 Å². The smallest absolute Gasteiger partial charge is 0.252 e. The zero-order chi connectivity index (χ0) is 22.9. The molecule has 1 atom stereocenters. The first-order valence-electron chi connectivity index (χ1n) is 11.9. The second-order valence-corrected chi connectivity index (χ2v) is 10.2. The van der Waals surface area contributed by atoms with Gasteiger partial charge in [-0.05, 0) is 80.5 Å². The Bertz CT molecular complexity index is 1120. The molecule has 1 aliphatic carbocycles. The molecule has 0 bridgehead atoms. The van der Waals surface area contributed by atoms with Gasteiger partial charge in [-0.1, -0.05) is 38.3 Å². The molecule has 7 heteroatoms. The number of fused-ring (bicyclic) bond motifs is 1. The lowest BCUT2D eigenvalue weighted by atomic mass is 9.92. The molecule has 0 amide bonds. The fraction of sp³-hybridized carbons (Fsp3) is 0.600. The van der Waals surface area contributed by atoms with Gasteiger partial charge in [0, 0.05) is 23.7 Å². The minimum absolute atomic E-state index is 0.00539. The van der Waals surface area contributed by atoms with E-state index in [0.717, 1.165) is 47.1 Å². The predicted molar refractivity (Wildman–Crippen MR) is 128 cm³/mol. The molecule has 1 aliphatic rings. The van der Waals surface area contributed by atoms with Crippen LogP contribution in [0.25, 0.3) is 10.9 Å². The van der Waals surface area contributed by atoms with Gasteiger partial charge in [0.2, 0.25) is 0 Å². The number of nitrogens with zero attached hydrogens (tertiary/aromatic N) is 5. The summed E-state index contributed by atoms with van der Waals surface area (Å²) in [4.78, 5) is 18.7. The summed E-state index contributed by atoms with van der Waals surface area (Å²) in [6.45, 7) is 11.2. The number of pyridine rings is 1. The molecule has 0 saturated heterocycles. The van der Waals surface area contributed by atoms with Gasteiger partial charge >= 0.3 is 0 Å². The maximum Gasteiger partial charge on any atom is 0.252 e. The number of tetrazole rings is 1. The highest BCUT2D eigenvalue weighted by Gasteiger charge is 2.33. The van der Waals surface area contributed by atoms with Crippen molar-refractivity contribution in [2.45, 2.75) is 97.3 Å². The second kappa shape index (κ2) is 9.14. The van der Waals surface area contributed by atoms with E-state index < -0.39 is 0 Å². The molecule has 172 valence electrons. The quantitative estimate of drug-likeness (QED) is 0.597. The largest absolute Gasteiger partial charge is 0.322 e. The van der Waals surface area contributed by atoms with E-state index in [2.05, 4.69) is 71.3 Å². The van der Waals surface area contributed by atoms with Gasteiger partial charge in [-0.2, -0.15) is 0 Å². The summed E-state index contributed by atoms with van der Waals surface area (Å²) >= 11 is 0.